The van der Waals surface area contributed by atoms with Gasteiger partial charge in [-0.25, -0.2) is 22.7 Å². The average molecular weight is 295 g/mol. The maximum Gasteiger partial charge on any atom is 0.217 e. The van der Waals surface area contributed by atoms with E-state index in [0.29, 0.717) is 13.1 Å². The Morgan fingerprint density at radius 1 is 1.25 bits per heavy atom. The van der Waals surface area contributed by atoms with Gasteiger partial charge >= 0.3 is 0 Å². The highest BCUT2D eigenvalue weighted by atomic mass is 32.2. The van der Waals surface area contributed by atoms with Crippen LogP contribution < -0.4 is 0 Å². The van der Waals surface area contributed by atoms with Crippen molar-refractivity contribution in [3.05, 3.63) is 23.8 Å². The van der Waals surface area contributed by atoms with Crippen molar-refractivity contribution in [2.75, 3.05) is 13.1 Å². The molecule has 1 aromatic heterocycles. The fourth-order valence-corrected chi connectivity index (χ4v) is 5.33. The van der Waals surface area contributed by atoms with Crippen molar-refractivity contribution in [1.29, 1.82) is 0 Å². The summed E-state index contributed by atoms with van der Waals surface area (Å²) in [5, 5.41) is -0.153. The summed E-state index contributed by atoms with van der Waals surface area (Å²) in [7, 11) is -3.11. The van der Waals surface area contributed by atoms with Crippen LogP contribution in [0.5, 0.6) is 0 Å². The average Bonchev–Trinajstić information content (AvgIpc) is 3.11. The Morgan fingerprint density at radius 2 is 2.00 bits per heavy atom. The van der Waals surface area contributed by atoms with Crippen LogP contribution in [0.2, 0.25) is 0 Å². The molecule has 1 atom stereocenters. The number of hydrogen-bond acceptors (Lipinski definition) is 4. The highest BCUT2D eigenvalue weighted by Gasteiger charge is 2.39. The van der Waals surface area contributed by atoms with E-state index in [-0.39, 0.29) is 11.2 Å². The molecule has 6 heteroatoms. The van der Waals surface area contributed by atoms with E-state index in [1.165, 1.54) is 0 Å². The van der Waals surface area contributed by atoms with Gasteiger partial charge < -0.3 is 0 Å². The third kappa shape index (κ3) is 2.59. The summed E-state index contributed by atoms with van der Waals surface area (Å²) < 4.78 is 26.8. The second-order valence-corrected chi connectivity index (χ2v) is 8.06. The molecule has 2 fully saturated rings. The molecule has 0 N–H and O–H groups in total. The van der Waals surface area contributed by atoms with Gasteiger partial charge in [0.05, 0.1) is 5.25 Å². The molecule has 1 aliphatic heterocycles. The SMILES string of the molecule is Cc1ccnc([C@H]2CCN(S(=O)(=O)C3CCCC3)C2)n1. The van der Waals surface area contributed by atoms with E-state index in [0.717, 1.165) is 43.6 Å². The minimum Gasteiger partial charge on any atom is -0.241 e. The fraction of sp³-hybridized carbons (Fsp3) is 0.714. The van der Waals surface area contributed by atoms with Crippen molar-refractivity contribution < 1.29 is 8.42 Å². The molecule has 1 aromatic rings. The van der Waals surface area contributed by atoms with Crippen molar-refractivity contribution in [2.45, 2.75) is 50.2 Å². The Bertz CT molecular complexity index is 582. The first-order chi connectivity index (χ1) is 9.57. The zero-order valence-corrected chi connectivity index (χ0v) is 12.6. The van der Waals surface area contributed by atoms with Gasteiger partial charge in [0.25, 0.3) is 0 Å². The molecule has 0 bridgehead atoms. The highest BCUT2D eigenvalue weighted by Crippen LogP contribution is 2.32. The van der Waals surface area contributed by atoms with Crippen LogP contribution in [0.1, 0.15) is 49.5 Å². The Hall–Kier alpha value is -1.01. The molecule has 0 spiro atoms. The first-order valence-electron chi connectivity index (χ1n) is 7.36. The molecule has 3 rings (SSSR count). The second-order valence-electron chi connectivity index (χ2n) is 5.85. The number of sulfonamides is 1. The minimum absolute atomic E-state index is 0.145. The predicted octanol–water partition coefficient (Wildman–Crippen LogP) is 1.85. The maximum absolute atomic E-state index is 12.6. The van der Waals surface area contributed by atoms with Crippen LogP contribution in [0.15, 0.2) is 12.3 Å². The summed E-state index contributed by atoms with van der Waals surface area (Å²) in [4.78, 5) is 8.74. The van der Waals surface area contributed by atoms with Gasteiger partial charge in [0.1, 0.15) is 5.82 Å². The lowest BCUT2D eigenvalue weighted by Gasteiger charge is -2.20. The monoisotopic (exact) mass is 295 g/mol. The first-order valence-corrected chi connectivity index (χ1v) is 8.86. The van der Waals surface area contributed by atoms with Crippen LogP contribution >= 0.6 is 0 Å². The third-order valence-electron chi connectivity index (χ3n) is 4.41. The predicted molar refractivity (Wildman–Crippen MR) is 76.9 cm³/mol. The van der Waals surface area contributed by atoms with E-state index < -0.39 is 10.0 Å². The summed E-state index contributed by atoms with van der Waals surface area (Å²) in [5.41, 5.74) is 0.937. The Labute approximate surface area is 120 Å². The van der Waals surface area contributed by atoms with E-state index >= 15 is 0 Å². The van der Waals surface area contributed by atoms with E-state index in [1.54, 1.807) is 10.5 Å². The number of aryl methyl sites for hydroxylation is 1. The molecule has 0 unspecified atom stereocenters. The molecule has 1 saturated heterocycles. The van der Waals surface area contributed by atoms with E-state index in [9.17, 15) is 8.42 Å². The molecule has 2 aliphatic rings. The minimum atomic E-state index is -3.11. The Kier molecular flexibility index (Phi) is 3.77. The molecule has 110 valence electrons. The zero-order valence-electron chi connectivity index (χ0n) is 11.8. The molecule has 2 heterocycles. The van der Waals surface area contributed by atoms with Crippen LogP contribution in [0, 0.1) is 6.92 Å². The van der Waals surface area contributed by atoms with Crippen molar-refractivity contribution >= 4 is 10.0 Å². The van der Waals surface area contributed by atoms with E-state index in [2.05, 4.69) is 9.97 Å². The first kappa shape index (κ1) is 13.9. The van der Waals surface area contributed by atoms with Gasteiger partial charge in [-0.2, -0.15) is 0 Å². The van der Waals surface area contributed by atoms with Gasteiger partial charge in [-0.15, -0.1) is 0 Å². The van der Waals surface area contributed by atoms with Crippen molar-refractivity contribution in [1.82, 2.24) is 14.3 Å². The van der Waals surface area contributed by atoms with Gasteiger partial charge in [0.2, 0.25) is 10.0 Å². The van der Waals surface area contributed by atoms with Gasteiger partial charge in [-0.3, -0.25) is 0 Å². The molecule has 1 aliphatic carbocycles. The van der Waals surface area contributed by atoms with E-state index in [4.69, 9.17) is 0 Å². The standard InChI is InChI=1S/C14H21N3O2S/c1-11-6-8-15-14(16-11)12-7-9-17(10-12)20(18,19)13-4-2-3-5-13/h6,8,12-13H,2-5,7,9-10H2,1H3/t12-/m0/s1. The molecule has 0 radical (unpaired) electrons. The molecule has 0 amide bonds. The molecule has 1 saturated carbocycles. The highest BCUT2D eigenvalue weighted by molar-refractivity contribution is 7.89. The number of nitrogens with zero attached hydrogens (tertiary/aromatic N) is 3. The molecule has 5 nitrogen and oxygen atoms in total. The molecule has 0 aromatic carbocycles. The normalized spacial score (nSPS) is 25.4. The van der Waals surface area contributed by atoms with Gasteiger partial charge in [-0.1, -0.05) is 12.8 Å². The molecular formula is C14H21N3O2S. The van der Waals surface area contributed by atoms with Crippen LogP contribution in [0.25, 0.3) is 0 Å². The van der Waals surface area contributed by atoms with Crippen LogP contribution in [-0.2, 0) is 10.0 Å². The van der Waals surface area contributed by atoms with Crippen molar-refractivity contribution in [2.24, 2.45) is 0 Å². The lowest BCUT2D eigenvalue weighted by atomic mass is 10.1. The number of aromatic nitrogens is 2. The summed E-state index contributed by atoms with van der Waals surface area (Å²) >= 11 is 0. The zero-order chi connectivity index (χ0) is 14.2. The summed E-state index contributed by atoms with van der Waals surface area (Å²) in [6.07, 6.45) is 6.32. The maximum atomic E-state index is 12.6. The fourth-order valence-electron chi connectivity index (χ4n) is 3.23. The largest absolute Gasteiger partial charge is 0.241 e. The Morgan fingerprint density at radius 3 is 2.70 bits per heavy atom. The number of rotatable bonds is 3. The van der Waals surface area contributed by atoms with Crippen LogP contribution in [0.3, 0.4) is 0 Å². The van der Waals surface area contributed by atoms with Crippen molar-refractivity contribution in [3.8, 4) is 0 Å². The summed E-state index contributed by atoms with van der Waals surface area (Å²) in [6, 6.07) is 1.87. The lowest BCUT2D eigenvalue weighted by molar-refractivity contribution is 0.459. The smallest absolute Gasteiger partial charge is 0.217 e. The lowest BCUT2D eigenvalue weighted by Crippen LogP contribution is -2.36. The molecular weight excluding hydrogens is 274 g/mol. The Balaban J connectivity index is 1.73. The van der Waals surface area contributed by atoms with Gasteiger partial charge in [-0.05, 0) is 32.3 Å². The van der Waals surface area contributed by atoms with E-state index in [1.807, 2.05) is 13.0 Å². The molecule has 20 heavy (non-hydrogen) atoms. The van der Waals surface area contributed by atoms with Crippen LogP contribution in [-0.4, -0.2) is 41.0 Å². The quantitative estimate of drug-likeness (QED) is 0.853. The van der Waals surface area contributed by atoms with Crippen LogP contribution in [0.4, 0.5) is 0 Å². The second kappa shape index (κ2) is 5.41. The topological polar surface area (TPSA) is 63.2 Å². The third-order valence-corrected chi connectivity index (χ3v) is 6.78. The summed E-state index contributed by atoms with van der Waals surface area (Å²) in [5.74, 6) is 0.931. The van der Waals surface area contributed by atoms with Gasteiger partial charge in [0.15, 0.2) is 0 Å². The summed E-state index contributed by atoms with van der Waals surface area (Å²) in [6.45, 7) is 3.09. The number of hydrogen-bond donors (Lipinski definition) is 0. The van der Waals surface area contributed by atoms with Gasteiger partial charge in [0, 0.05) is 30.9 Å². The van der Waals surface area contributed by atoms with Crippen molar-refractivity contribution in [3.63, 3.8) is 0 Å².